The van der Waals surface area contributed by atoms with Gasteiger partial charge in [0.25, 0.3) is 0 Å². The van der Waals surface area contributed by atoms with Crippen molar-refractivity contribution in [2.45, 2.75) is 13.0 Å². The Morgan fingerprint density at radius 1 is 1.40 bits per heavy atom. The maximum absolute atomic E-state index is 11.2. The average molecular weight is 298 g/mol. The third kappa shape index (κ3) is 5.20. The molecular weight excluding hydrogens is 276 g/mol. The minimum atomic E-state index is -0.182. The normalized spacial score (nSPS) is 16.2. The lowest BCUT2D eigenvalue weighted by Crippen LogP contribution is -2.40. The Labute approximate surface area is 123 Å². The van der Waals surface area contributed by atoms with Crippen LogP contribution in [0.15, 0.2) is 12.1 Å². The van der Waals surface area contributed by atoms with Crippen LogP contribution in [0.5, 0.6) is 0 Å². The molecule has 2 heterocycles. The first kappa shape index (κ1) is 15.4. The summed E-state index contributed by atoms with van der Waals surface area (Å²) in [5.41, 5.74) is 0. The summed E-state index contributed by atoms with van der Waals surface area (Å²) in [4.78, 5) is 15.9. The second-order valence-electron chi connectivity index (χ2n) is 4.75. The zero-order chi connectivity index (χ0) is 14.2. The molecule has 1 aromatic rings. The number of ether oxygens (including phenoxy) is 2. The van der Waals surface area contributed by atoms with E-state index in [0.717, 1.165) is 50.8 Å². The standard InChI is InChI=1S/C14H22N2O3S/c1-18-14(17)10-12-2-3-13(20-12)11-15-4-5-16-6-8-19-9-7-16/h2-3,15H,4-11H2,1H3. The average Bonchev–Trinajstić information content (AvgIpc) is 2.92. The Bertz CT molecular complexity index is 416. The summed E-state index contributed by atoms with van der Waals surface area (Å²) in [5.74, 6) is -0.182. The van der Waals surface area contributed by atoms with Crippen molar-refractivity contribution >= 4 is 17.3 Å². The molecule has 0 saturated carbocycles. The minimum Gasteiger partial charge on any atom is -0.469 e. The molecule has 20 heavy (non-hydrogen) atoms. The summed E-state index contributed by atoms with van der Waals surface area (Å²) >= 11 is 1.67. The molecule has 0 aromatic carbocycles. The monoisotopic (exact) mass is 298 g/mol. The van der Waals surface area contributed by atoms with E-state index in [-0.39, 0.29) is 5.97 Å². The fraction of sp³-hybridized carbons (Fsp3) is 0.643. The Kier molecular flexibility index (Phi) is 6.46. The molecule has 0 amide bonds. The van der Waals surface area contributed by atoms with Crippen LogP contribution in [-0.2, 0) is 27.2 Å². The summed E-state index contributed by atoms with van der Waals surface area (Å²) < 4.78 is 9.99. The maximum Gasteiger partial charge on any atom is 0.310 e. The second kappa shape index (κ2) is 8.36. The van der Waals surface area contributed by atoms with Gasteiger partial charge in [-0.2, -0.15) is 0 Å². The maximum atomic E-state index is 11.2. The molecule has 0 unspecified atom stereocenters. The predicted molar refractivity (Wildman–Crippen MR) is 79.0 cm³/mol. The lowest BCUT2D eigenvalue weighted by molar-refractivity contribution is -0.139. The van der Waals surface area contributed by atoms with Gasteiger partial charge in [0.15, 0.2) is 0 Å². The van der Waals surface area contributed by atoms with Gasteiger partial charge in [-0.05, 0) is 12.1 Å². The first-order valence-electron chi connectivity index (χ1n) is 6.93. The fourth-order valence-electron chi connectivity index (χ4n) is 2.10. The van der Waals surface area contributed by atoms with E-state index >= 15 is 0 Å². The van der Waals surface area contributed by atoms with E-state index in [4.69, 9.17) is 4.74 Å². The number of hydrogen-bond acceptors (Lipinski definition) is 6. The van der Waals surface area contributed by atoms with Crippen LogP contribution in [0.1, 0.15) is 9.75 Å². The molecule has 2 rings (SSSR count). The summed E-state index contributed by atoms with van der Waals surface area (Å²) in [5, 5.41) is 3.44. The molecule has 1 saturated heterocycles. The van der Waals surface area contributed by atoms with Crippen LogP contribution in [-0.4, -0.2) is 57.4 Å². The molecule has 5 nitrogen and oxygen atoms in total. The molecule has 1 aliphatic rings. The summed E-state index contributed by atoms with van der Waals surface area (Å²) in [6, 6.07) is 4.07. The van der Waals surface area contributed by atoms with Crippen molar-refractivity contribution in [3.63, 3.8) is 0 Å². The molecule has 1 N–H and O–H groups in total. The number of nitrogens with one attached hydrogen (secondary N) is 1. The minimum absolute atomic E-state index is 0.182. The van der Waals surface area contributed by atoms with Gasteiger partial charge in [0.1, 0.15) is 0 Å². The highest BCUT2D eigenvalue weighted by Crippen LogP contribution is 2.17. The van der Waals surface area contributed by atoms with Crippen LogP contribution in [0.25, 0.3) is 0 Å². The molecule has 1 fully saturated rings. The fourth-order valence-corrected chi connectivity index (χ4v) is 3.07. The van der Waals surface area contributed by atoms with Gasteiger partial charge < -0.3 is 14.8 Å². The van der Waals surface area contributed by atoms with Crippen LogP contribution in [0, 0.1) is 0 Å². The third-order valence-corrected chi connectivity index (χ3v) is 4.36. The number of nitrogens with zero attached hydrogens (tertiary/aromatic N) is 1. The van der Waals surface area contributed by atoms with Crippen molar-refractivity contribution in [2.24, 2.45) is 0 Å². The van der Waals surface area contributed by atoms with Gasteiger partial charge in [0.05, 0.1) is 26.7 Å². The predicted octanol–water partition coefficient (Wildman–Crippen LogP) is 0.885. The first-order chi connectivity index (χ1) is 9.78. The smallest absolute Gasteiger partial charge is 0.310 e. The number of hydrogen-bond donors (Lipinski definition) is 1. The number of carbonyl (C=O) groups excluding carboxylic acids is 1. The van der Waals surface area contributed by atoms with Crippen molar-refractivity contribution in [2.75, 3.05) is 46.5 Å². The van der Waals surface area contributed by atoms with Crippen molar-refractivity contribution in [3.8, 4) is 0 Å². The van der Waals surface area contributed by atoms with Crippen molar-refractivity contribution in [1.82, 2.24) is 10.2 Å². The Balaban J connectivity index is 1.62. The first-order valence-corrected chi connectivity index (χ1v) is 7.75. The van der Waals surface area contributed by atoms with E-state index in [0.29, 0.717) is 6.42 Å². The largest absolute Gasteiger partial charge is 0.469 e. The molecule has 112 valence electrons. The number of thiophene rings is 1. The van der Waals surface area contributed by atoms with Crippen molar-refractivity contribution in [1.29, 1.82) is 0 Å². The molecule has 0 aliphatic carbocycles. The molecule has 0 bridgehead atoms. The molecule has 0 atom stereocenters. The number of esters is 1. The third-order valence-electron chi connectivity index (χ3n) is 3.27. The summed E-state index contributed by atoms with van der Waals surface area (Å²) in [6.07, 6.45) is 0.370. The molecular formula is C14H22N2O3S. The lowest BCUT2D eigenvalue weighted by Gasteiger charge is -2.26. The zero-order valence-electron chi connectivity index (χ0n) is 11.9. The quantitative estimate of drug-likeness (QED) is 0.598. The van der Waals surface area contributed by atoms with Crippen molar-refractivity contribution in [3.05, 3.63) is 21.9 Å². The van der Waals surface area contributed by atoms with Crippen LogP contribution in [0.4, 0.5) is 0 Å². The van der Waals surface area contributed by atoms with E-state index in [1.807, 2.05) is 6.07 Å². The number of rotatable bonds is 7. The number of morpholine rings is 1. The topological polar surface area (TPSA) is 50.8 Å². The van der Waals surface area contributed by atoms with Gasteiger partial charge in [0, 0.05) is 42.5 Å². The zero-order valence-corrected chi connectivity index (χ0v) is 12.7. The highest BCUT2D eigenvalue weighted by atomic mass is 32.1. The molecule has 6 heteroatoms. The van der Waals surface area contributed by atoms with Crippen LogP contribution in [0.2, 0.25) is 0 Å². The molecule has 1 aliphatic heterocycles. The lowest BCUT2D eigenvalue weighted by atomic mass is 10.3. The van der Waals surface area contributed by atoms with Gasteiger partial charge in [-0.3, -0.25) is 9.69 Å². The summed E-state index contributed by atoms with van der Waals surface area (Å²) in [7, 11) is 1.42. The van der Waals surface area contributed by atoms with E-state index in [9.17, 15) is 4.79 Å². The Morgan fingerprint density at radius 3 is 2.90 bits per heavy atom. The van der Waals surface area contributed by atoms with Gasteiger partial charge in [-0.25, -0.2) is 0 Å². The second-order valence-corrected chi connectivity index (χ2v) is 6.00. The number of methoxy groups -OCH3 is 1. The van der Waals surface area contributed by atoms with Crippen LogP contribution in [0.3, 0.4) is 0 Å². The van der Waals surface area contributed by atoms with Gasteiger partial charge in [-0.15, -0.1) is 11.3 Å². The molecule has 0 spiro atoms. The van der Waals surface area contributed by atoms with E-state index < -0.39 is 0 Å². The van der Waals surface area contributed by atoms with E-state index in [2.05, 4.69) is 21.0 Å². The van der Waals surface area contributed by atoms with Gasteiger partial charge in [0.2, 0.25) is 0 Å². The van der Waals surface area contributed by atoms with Gasteiger partial charge in [-0.1, -0.05) is 0 Å². The van der Waals surface area contributed by atoms with E-state index in [1.54, 1.807) is 11.3 Å². The van der Waals surface area contributed by atoms with Crippen molar-refractivity contribution < 1.29 is 14.3 Å². The highest BCUT2D eigenvalue weighted by Gasteiger charge is 2.09. The van der Waals surface area contributed by atoms with Gasteiger partial charge >= 0.3 is 5.97 Å². The van der Waals surface area contributed by atoms with Crippen LogP contribution < -0.4 is 5.32 Å². The Hall–Kier alpha value is -0.950. The van der Waals surface area contributed by atoms with E-state index in [1.165, 1.54) is 12.0 Å². The molecule has 0 radical (unpaired) electrons. The SMILES string of the molecule is COC(=O)Cc1ccc(CNCCN2CCOCC2)s1. The highest BCUT2D eigenvalue weighted by molar-refractivity contribution is 7.12. The van der Waals surface area contributed by atoms with Crippen LogP contribution >= 0.6 is 11.3 Å². The number of carbonyl (C=O) groups is 1. The molecule has 1 aromatic heterocycles. The Morgan fingerprint density at radius 2 is 2.15 bits per heavy atom. The summed E-state index contributed by atoms with van der Waals surface area (Å²) in [6.45, 7) is 6.65.